The summed E-state index contributed by atoms with van der Waals surface area (Å²) in [7, 11) is -1.78. The van der Waals surface area contributed by atoms with Crippen LogP contribution in [0.4, 0.5) is 0 Å². The molecule has 0 radical (unpaired) electrons. The van der Waals surface area contributed by atoms with Crippen molar-refractivity contribution in [2.24, 2.45) is 0 Å². The fourth-order valence-electron chi connectivity index (χ4n) is 3.16. The maximum atomic E-state index is 12.8. The van der Waals surface area contributed by atoms with Crippen molar-refractivity contribution in [3.63, 3.8) is 0 Å². The predicted molar refractivity (Wildman–Crippen MR) is 107 cm³/mol. The van der Waals surface area contributed by atoms with E-state index in [4.69, 9.17) is 11.6 Å². The Balaban J connectivity index is 1.55. The first-order chi connectivity index (χ1) is 13.4. The van der Waals surface area contributed by atoms with Crippen molar-refractivity contribution in [2.75, 3.05) is 39.8 Å². The molecule has 0 aliphatic carbocycles. The van der Waals surface area contributed by atoms with Crippen molar-refractivity contribution < 1.29 is 13.2 Å². The van der Waals surface area contributed by atoms with Gasteiger partial charge in [0.2, 0.25) is 15.9 Å². The standard InChI is InChI=1S/C19H23ClN4O3S/c1-22(14-16-5-4-8-21-13-16)15-19(25)23-9-11-24(12-10-23)28(26,27)18-7-3-2-6-17(18)20/h2-8,13H,9-12,14-15H2,1H3. The summed E-state index contributed by atoms with van der Waals surface area (Å²) in [5.74, 6) is -0.0128. The van der Waals surface area contributed by atoms with Gasteiger partial charge in [-0.25, -0.2) is 8.42 Å². The Bertz CT molecular complexity index is 916. The van der Waals surface area contributed by atoms with Gasteiger partial charge in [-0.3, -0.25) is 14.7 Å². The topological polar surface area (TPSA) is 73.8 Å². The molecule has 1 amide bonds. The van der Waals surface area contributed by atoms with E-state index < -0.39 is 10.0 Å². The quantitative estimate of drug-likeness (QED) is 0.708. The first kappa shape index (κ1) is 20.7. The van der Waals surface area contributed by atoms with Gasteiger partial charge in [-0.2, -0.15) is 4.31 Å². The molecule has 0 saturated carbocycles. The summed E-state index contributed by atoms with van der Waals surface area (Å²) in [6.45, 7) is 2.14. The lowest BCUT2D eigenvalue weighted by atomic mass is 10.2. The third-order valence-electron chi connectivity index (χ3n) is 4.63. The summed E-state index contributed by atoms with van der Waals surface area (Å²) < 4.78 is 27.0. The van der Waals surface area contributed by atoms with Crippen LogP contribution in [0.25, 0.3) is 0 Å². The number of amides is 1. The SMILES string of the molecule is CN(CC(=O)N1CCN(S(=O)(=O)c2ccccc2Cl)CC1)Cc1cccnc1. The number of nitrogens with zero attached hydrogens (tertiary/aromatic N) is 4. The van der Waals surface area contributed by atoms with E-state index in [2.05, 4.69) is 4.98 Å². The molecule has 28 heavy (non-hydrogen) atoms. The molecule has 9 heteroatoms. The molecule has 1 aliphatic rings. The largest absolute Gasteiger partial charge is 0.339 e. The number of hydrogen-bond donors (Lipinski definition) is 0. The molecule has 0 N–H and O–H groups in total. The van der Waals surface area contributed by atoms with Crippen molar-refractivity contribution in [1.82, 2.24) is 19.1 Å². The number of likely N-dealkylation sites (N-methyl/N-ethyl adjacent to an activating group) is 1. The number of carbonyl (C=O) groups excluding carboxylic acids is 1. The van der Waals surface area contributed by atoms with Gasteiger partial charge in [-0.1, -0.05) is 29.8 Å². The molecular formula is C19H23ClN4O3S. The normalized spacial score (nSPS) is 15.8. The Morgan fingerprint density at radius 2 is 1.86 bits per heavy atom. The van der Waals surface area contributed by atoms with E-state index in [1.807, 2.05) is 24.1 Å². The van der Waals surface area contributed by atoms with Gasteiger partial charge in [0.25, 0.3) is 0 Å². The molecule has 0 spiro atoms. The van der Waals surface area contributed by atoms with Gasteiger partial charge in [-0.05, 0) is 30.8 Å². The summed E-state index contributed by atoms with van der Waals surface area (Å²) >= 11 is 6.05. The molecule has 0 atom stereocenters. The Kier molecular flexibility index (Phi) is 6.66. The smallest absolute Gasteiger partial charge is 0.244 e. The van der Waals surface area contributed by atoms with Gasteiger partial charge in [0.05, 0.1) is 11.6 Å². The summed E-state index contributed by atoms with van der Waals surface area (Å²) in [4.78, 5) is 20.4. The van der Waals surface area contributed by atoms with Crippen LogP contribution in [0, 0.1) is 0 Å². The van der Waals surface area contributed by atoms with Crippen LogP contribution in [0.15, 0.2) is 53.7 Å². The van der Waals surface area contributed by atoms with Crippen molar-refractivity contribution in [2.45, 2.75) is 11.4 Å². The second-order valence-corrected chi connectivity index (χ2v) is 9.06. The molecule has 3 rings (SSSR count). The van der Waals surface area contributed by atoms with Crippen LogP contribution >= 0.6 is 11.6 Å². The minimum atomic E-state index is -3.66. The lowest BCUT2D eigenvalue weighted by Crippen LogP contribution is -2.52. The Hall–Kier alpha value is -2.00. The average molecular weight is 423 g/mol. The molecule has 1 aromatic carbocycles. The van der Waals surface area contributed by atoms with Gasteiger partial charge >= 0.3 is 0 Å². The number of benzene rings is 1. The van der Waals surface area contributed by atoms with E-state index in [9.17, 15) is 13.2 Å². The Morgan fingerprint density at radius 3 is 2.50 bits per heavy atom. The summed E-state index contributed by atoms with van der Waals surface area (Å²) in [5.41, 5.74) is 1.04. The number of aromatic nitrogens is 1. The second-order valence-electron chi connectivity index (χ2n) is 6.75. The Morgan fingerprint density at radius 1 is 1.14 bits per heavy atom. The van der Waals surface area contributed by atoms with Crippen molar-refractivity contribution in [3.8, 4) is 0 Å². The third kappa shape index (κ3) is 4.88. The minimum Gasteiger partial charge on any atom is -0.339 e. The fraction of sp³-hybridized carbons (Fsp3) is 0.368. The second kappa shape index (κ2) is 9.00. The van der Waals surface area contributed by atoms with E-state index >= 15 is 0 Å². The van der Waals surface area contributed by atoms with E-state index in [1.165, 1.54) is 10.4 Å². The third-order valence-corrected chi connectivity index (χ3v) is 7.02. The number of pyridine rings is 1. The van der Waals surface area contributed by atoms with Crippen molar-refractivity contribution in [1.29, 1.82) is 0 Å². The molecule has 1 aliphatic heterocycles. The molecule has 2 heterocycles. The lowest BCUT2D eigenvalue weighted by molar-refractivity contribution is -0.133. The fourth-order valence-corrected chi connectivity index (χ4v) is 5.08. The first-order valence-corrected chi connectivity index (χ1v) is 10.8. The zero-order valence-corrected chi connectivity index (χ0v) is 17.2. The molecular weight excluding hydrogens is 400 g/mol. The molecule has 2 aromatic rings. The van der Waals surface area contributed by atoms with E-state index in [-0.39, 0.29) is 35.5 Å². The number of sulfonamides is 1. The number of hydrogen-bond acceptors (Lipinski definition) is 5. The van der Waals surface area contributed by atoms with Gasteiger partial charge in [0, 0.05) is 45.1 Å². The van der Waals surface area contributed by atoms with Gasteiger partial charge < -0.3 is 4.90 Å². The minimum absolute atomic E-state index is 0.0128. The highest BCUT2D eigenvalue weighted by Gasteiger charge is 2.31. The van der Waals surface area contributed by atoms with Crippen LogP contribution in [0.3, 0.4) is 0 Å². The molecule has 150 valence electrons. The van der Waals surface area contributed by atoms with E-state index in [0.717, 1.165) is 5.56 Å². The van der Waals surface area contributed by atoms with Crippen LogP contribution in [-0.2, 0) is 21.4 Å². The maximum absolute atomic E-state index is 12.8. The zero-order valence-electron chi connectivity index (χ0n) is 15.7. The molecule has 7 nitrogen and oxygen atoms in total. The van der Waals surface area contributed by atoms with E-state index in [1.54, 1.807) is 35.5 Å². The van der Waals surface area contributed by atoms with Crippen LogP contribution in [0.2, 0.25) is 5.02 Å². The average Bonchev–Trinajstić information content (AvgIpc) is 2.69. The first-order valence-electron chi connectivity index (χ1n) is 8.98. The summed E-state index contributed by atoms with van der Waals surface area (Å²) in [6, 6.07) is 10.2. The molecule has 1 aromatic heterocycles. The molecule has 1 fully saturated rings. The highest BCUT2D eigenvalue weighted by Crippen LogP contribution is 2.25. The van der Waals surface area contributed by atoms with Crippen molar-refractivity contribution >= 4 is 27.5 Å². The lowest BCUT2D eigenvalue weighted by Gasteiger charge is -2.35. The van der Waals surface area contributed by atoms with Gasteiger partial charge in [-0.15, -0.1) is 0 Å². The number of carbonyl (C=O) groups is 1. The number of rotatable bonds is 6. The summed E-state index contributed by atoms with van der Waals surface area (Å²) in [5, 5.41) is 0.207. The highest BCUT2D eigenvalue weighted by atomic mass is 35.5. The van der Waals surface area contributed by atoms with Crippen LogP contribution in [0.5, 0.6) is 0 Å². The highest BCUT2D eigenvalue weighted by molar-refractivity contribution is 7.89. The monoisotopic (exact) mass is 422 g/mol. The molecule has 1 saturated heterocycles. The van der Waals surface area contributed by atoms with E-state index in [0.29, 0.717) is 19.6 Å². The number of piperazine rings is 1. The summed E-state index contributed by atoms with van der Waals surface area (Å²) in [6.07, 6.45) is 3.49. The zero-order chi connectivity index (χ0) is 20.1. The van der Waals surface area contributed by atoms with Crippen LogP contribution in [0.1, 0.15) is 5.56 Å². The van der Waals surface area contributed by atoms with Gasteiger partial charge in [0.1, 0.15) is 4.90 Å². The maximum Gasteiger partial charge on any atom is 0.244 e. The van der Waals surface area contributed by atoms with Crippen LogP contribution < -0.4 is 0 Å². The molecule has 0 unspecified atom stereocenters. The van der Waals surface area contributed by atoms with Crippen molar-refractivity contribution in [3.05, 3.63) is 59.4 Å². The number of halogens is 1. The van der Waals surface area contributed by atoms with Gasteiger partial charge in [0.15, 0.2) is 0 Å². The van der Waals surface area contributed by atoms with Crippen LogP contribution in [-0.4, -0.2) is 73.2 Å². The molecule has 0 bridgehead atoms. The Labute approximate surface area is 170 Å². The predicted octanol–water partition coefficient (Wildman–Crippen LogP) is 1.70.